The molecule has 2 N–H and O–H groups in total. The summed E-state index contributed by atoms with van der Waals surface area (Å²) < 4.78 is 18.4. The molecule has 0 bridgehead atoms. The summed E-state index contributed by atoms with van der Waals surface area (Å²) in [6.45, 7) is 6.79. The van der Waals surface area contributed by atoms with Crippen LogP contribution in [0.1, 0.15) is 36.9 Å². The van der Waals surface area contributed by atoms with Crippen LogP contribution in [0.25, 0.3) is 33.1 Å². The fourth-order valence-electron chi connectivity index (χ4n) is 5.89. The molecule has 1 aliphatic heterocycles. The van der Waals surface area contributed by atoms with E-state index >= 15 is 0 Å². The molecule has 8 nitrogen and oxygen atoms in total. The highest BCUT2D eigenvalue weighted by Gasteiger charge is 2.23. The summed E-state index contributed by atoms with van der Waals surface area (Å²) in [5.41, 5.74) is 4.02. The van der Waals surface area contributed by atoms with Gasteiger partial charge in [0, 0.05) is 47.6 Å². The van der Waals surface area contributed by atoms with Crippen LogP contribution in [0, 0.1) is 18.7 Å². The van der Waals surface area contributed by atoms with Gasteiger partial charge in [-0.15, -0.1) is 0 Å². The van der Waals surface area contributed by atoms with Gasteiger partial charge in [0.05, 0.1) is 23.8 Å². The Morgan fingerprint density at radius 3 is 2.75 bits per heavy atom. The normalized spacial score (nSPS) is 15.1. The van der Waals surface area contributed by atoms with Gasteiger partial charge in [-0.1, -0.05) is 17.7 Å². The molecule has 40 heavy (non-hydrogen) atoms. The van der Waals surface area contributed by atoms with Crippen molar-refractivity contribution >= 4 is 39.1 Å². The maximum Gasteiger partial charge on any atom is 0.259 e. The Labute approximate surface area is 236 Å². The smallest absolute Gasteiger partial charge is 0.259 e. The van der Waals surface area contributed by atoms with Gasteiger partial charge in [-0.25, -0.2) is 14.1 Å². The second kappa shape index (κ2) is 10.6. The van der Waals surface area contributed by atoms with Gasteiger partial charge in [-0.05, 0) is 81.1 Å². The first-order valence-electron chi connectivity index (χ1n) is 13.5. The third-order valence-electron chi connectivity index (χ3n) is 7.86. The Bertz CT molecular complexity index is 1790. The third kappa shape index (κ3) is 4.73. The Kier molecular flexibility index (Phi) is 7.02. The number of aryl methyl sites for hydroxylation is 2. The molecule has 6 rings (SSSR count). The molecule has 5 heterocycles. The summed E-state index contributed by atoms with van der Waals surface area (Å²) in [6.07, 6.45) is 6.74. The maximum absolute atomic E-state index is 14.7. The number of nitrogens with one attached hydrogen (secondary N) is 2. The monoisotopic (exact) mass is 559 g/mol. The first kappa shape index (κ1) is 26.4. The number of rotatable bonds is 6. The molecule has 0 saturated carbocycles. The average molecular weight is 560 g/mol. The number of nitrogens with zero attached hydrogens (tertiary/aromatic N) is 5. The fraction of sp³-hybridized carbons (Fsp3) is 0.333. The van der Waals surface area contributed by atoms with Crippen molar-refractivity contribution in [2.75, 3.05) is 18.4 Å². The summed E-state index contributed by atoms with van der Waals surface area (Å²) in [5.74, 6) is 0.0259. The van der Waals surface area contributed by atoms with Crippen molar-refractivity contribution in [3.8, 4) is 11.3 Å². The first-order valence-corrected chi connectivity index (χ1v) is 13.9. The molecule has 1 aliphatic rings. The van der Waals surface area contributed by atoms with E-state index in [-0.39, 0.29) is 16.8 Å². The lowest BCUT2D eigenvalue weighted by Gasteiger charge is -2.23. The van der Waals surface area contributed by atoms with Crippen molar-refractivity contribution in [3.63, 3.8) is 0 Å². The van der Waals surface area contributed by atoms with Crippen LogP contribution in [0.4, 0.5) is 10.1 Å². The molecule has 1 unspecified atom stereocenters. The van der Waals surface area contributed by atoms with Crippen molar-refractivity contribution in [2.45, 2.75) is 39.3 Å². The minimum absolute atomic E-state index is 0.0561. The third-order valence-corrected chi connectivity index (χ3v) is 8.07. The van der Waals surface area contributed by atoms with Crippen molar-refractivity contribution in [3.05, 3.63) is 81.4 Å². The topological polar surface area (TPSA) is 89.7 Å². The Morgan fingerprint density at radius 2 is 1.98 bits per heavy atom. The van der Waals surface area contributed by atoms with Crippen LogP contribution < -0.4 is 16.2 Å². The van der Waals surface area contributed by atoms with E-state index in [1.165, 1.54) is 6.20 Å². The number of hydrogen-bond donors (Lipinski definition) is 2. The van der Waals surface area contributed by atoms with E-state index in [0.29, 0.717) is 28.2 Å². The van der Waals surface area contributed by atoms with Crippen LogP contribution in [0.15, 0.2) is 53.7 Å². The molecule has 4 aromatic heterocycles. The summed E-state index contributed by atoms with van der Waals surface area (Å²) >= 11 is 6.21. The van der Waals surface area contributed by atoms with Gasteiger partial charge in [-0.3, -0.25) is 14.3 Å². The average Bonchev–Trinajstić information content (AvgIpc) is 3.36. The van der Waals surface area contributed by atoms with Gasteiger partial charge < -0.3 is 10.6 Å². The summed E-state index contributed by atoms with van der Waals surface area (Å²) in [4.78, 5) is 22.0. The summed E-state index contributed by atoms with van der Waals surface area (Å²) in [5, 5.41) is 14.4. The molecule has 0 aliphatic carbocycles. The number of aromatic nitrogens is 5. The lowest BCUT2D eigenvalue weighted by atomic mass is 9.95. The lowest BCUT2D eigenvalue weighted by molar-refractivity contribution is 0.323. The highest BCUT2D eigenvalue weighted by Crippen LogP contribution is 2.36. The Morgan fingerprint density at radius 1 is 1.18 bits per heavy atom. The molecular formula is C30H31ClFN7O. The van der Waals surface area contributed by atoms with Gasteiger partial charge in [0.25, 0.3) is 5.56 Å². The van der Waals surface area contributed by atoms with Crippen LogP contribution in [-0.2, 0) is 13.6 Å². The Balaban J connectivity index is 1.48. The van der Waals surface area contributed by atoms with Crippen LogP contribution in [0.5, 0.6) is 0 Å². The van der Waals surface area contributed by atoms with E-state index in [9.17, 15) is 9.18 Å². The predicted octanol–water partition coefficient (Wildman–Crippen LogP) is 5.62. The molecule has 1 aromatic carbocycles. The number of benzene rings is 1. The summed E-state index contributed by atoms with van der Waals surface area (Å²) in [6, 6.07) is 8.84. The van der Waals surface area contributed by atoms with E-state index in [2.05, 4.69) is 26.7 Å². The zero-order valence-corrected chi connectivity index (χ0v) is 23.5. The number of fused-ring (bicyclic) bond motifs is 3. The molecule has 206 valence electrons. The molecule has 0 radical (unpaired) electrons. The largest absolute Gasteiger partial charge is 0.377 e. The van der Waals surface area contributed by atoms with Gasteiger partial charge >= 0.3 is 0 Å². The first-order chi connectivity index (χ1) is 19.3. The lowest BCUT2D eigenvalue weighted by Crippen LogP contribution is -2.30. The predicted molar refractivity (Wildman–Crippen MR) is 157 cm³/mol. The number of anilines is 1. The van der Waals surface area contributed by atoms with Crippen molar-refractivity contribution in [1.29, 1.82) is 0 Å². The van der Waals surface area contributed by atoms with Crippen molar-refractivity contribution in [1.82, 2.24) is 29.6 Å². The van der Waals surface area contributed by atoms with Gasteiger partial charge in [0.1, 0.15) is 10.8 Å². The fourth-order valence-corrected chi connectivity index (χ4v) is 6.04. The van der Waals surface area contributed by atoms with Gasteiger partial charge in [0.15, 0.2) is 5.82 Å². The highest BCUT2D eigenvalue weighted by molar-refractivity contribution is 6.29. The quantitative estimate of drug-likeness (QED) is 0.263. The molecule has 1 fully saturated rings. The van der Waals surface area contributed by atoms with Crippen LogP contribution in [-0.4, -0.2) is 37.4 Å². The minimum Gasteiger partial charge on any atom is -0.377 e. The van der Waals surface area contributed by atoms with E-state index in [0.717, 1.165) is 66.2 Å². The molecular weight excluding hydrogens is 529 g/mol. The molecule has 5 aromatic rings. The second-order valence-corrected chi connectivity index (χ2v) is 11.0. The number of pyridine rings is 3. The zero-order valence-electron chi connectivity index (χ0n) is 22.7. The van der Waals surface area contributed by atoms with Gasteiger partial charge in [0.2, 0.25) is 0 Å². The SMILES string of the molecule is Cc1cc(C(C)Nc2ccc(Cl)nc2-c2ccncc2F)c2c(c1)c(=O)n(C)c1c2cnn1CC1CCNCC1. The second-order valence-electron chi connectivity index (χ2n) is 10.6. The highest BCUT2D eigenvalue weighted by atomic mass is 35.5. The molecule has 10 heteroatoms. The van der Waals surface area contributed by atoms with E-state index in [4.69, 9.17) is 16.7 Å². The van der Waals surface area contributed by atoms with Crippen LogP contribution in [0.3, 0.4) is 0 Å². The van der Waals surface area contributed by atoms with E-state index < -0.39 is 5.82 Å². The van der Waals surface area contributed by atoms with Crippen LogP contribution >= 0.6 is 11.6 Å². The van der Waals surface area contributed by atoms with Crippen molar-refractivity contribution < 1.29 is 4.39 Å². The number of piperidine rings is 1. The molecule has 1 atom stereocenters. The van der Waals surface area contributed by atoms with E-state index in [1.807, 2.05) is 37.8 Å². The molecule has 0 amide bonds. The van der Waals surface area contributed by atoms with Crippen LogP contribution in [0.2, 0.25) is 5.15 Å². The molecule has 1 saturated heterocycles. The minimum atomic E-state index is -0.486. The maximum atomic E-state index is 14.7. The van der Waals surface area contributed by atoms with E-state index in [1.54, 1.807) is 22.8 Å². The summed E-state index contributed by atoms with van der Waals surface area (Å²) in [7, 11) is 1.82. The van der Waals surface area contributed by atoms with Crippen molar-refractivity contribution in [2.24, 2.45) is 13.0 Å². The Hall–Kier alpha value is -3.82. The van der Waals surface area contributed by atoms with Gasteiger partial charge in [-0.2, -0.15) is 5.10 Å². The standard InChI is InChI=1S/C30H31ClFN7O/c1-17-12-21(18(2)36-25-4-5-26(31)37-28(25)20-8-11-34-15-24(20)32)27-22(13-17)30(40)38(3)29-23(27)14-35-39(29)16-19-6-9-33-10-7-19/h4-5,8,11-15,18-19,33,36H,6-7,9-10,16H2,1-3H3. The molecule has 0 spiro atoms. The number of hydrogen-bond acceptors (Lipinski definition) is 6. The number of halogens is 2. The zero-order chi connectivity index (χ0) is 28.0.